The van der Waals surface area contributed by atoms with E-state index < -0.39 is 8.32 Å². The van der Waals surface area contributed by atoms with E-state index in [0.717, 1.165) is 28.1 Å². The van der Waals surface area contributed by atoms with E-state index in [1.807, 2.05) is 12.1 Å². The van der Waals surface area contributed by atoms with Gasteiger partial charge in [0.15, 0.2) is 5.88 Å². The molecule has 0 spiro atoms. The van der Waals surface area contributed by atoms with Crippen LogP contribution < -0.4 is 9.16 Å². The second kappa shape index (κ2) is 7.49. The molecule has 0 saturated heterocycles. The molecule has 0 atom stereocenters. The van der Waals surface area contributed by atoms with E-state index in [-0.39, 0.29) is 0 Å². The Kier molecular flexibility index (Phi) is 5.15. The first-order valence-corrected chi connectivity index (χ1v) is 12.8. The lowest BCUT2D eigenvalue weighted by molar-refractivity contribution is 0.304. The molecule has 0 fully saturated rings. The van der Waals surface area contributed by atoms with E-state index >= 15 is 0 Å². The van der Waals surface area contributed by atoms with Gasteiger partial charge in [0.1, 0.15) is 12.4 Å². The number of nitrogens with zero attached hydrogens (tertiary/aromatic N) is 1. The molecule has 4 rings (SSSR count). The molecule has 0 radical (unpaired) electrons. The van der Waals surface area contributed by atoms with Crippen molar-refractivity contribution in [1.82, 2.24) is 4.98 Å². The van der Waals surface area contributed by atoms with Gasteiger partial charge >= 0.3 is 0 Å². The molecule has 152 valence electrons. The van der Waals surface area contributed by atoms with Gasteiger partial charge in [-0.3, -0.25) is 0 Å². The van der Waals surface area contributed by atoms with Crippen molar-refractivity contribution in [2.24, 2.45) is 0 Å². The van der Waals surface area contributed by atoms with Crippen LogP contribution in [0, 0.1) is 0 Å². The monoisotopic (exact) mass is 405 g/mol. The molecule has 3 nitrogen and oxygen atoms in total. The zero-order valence-electron chi connectivity index (χ0n) is 18.3. The first kappa shape index (κ1) is 20.0. The van der Waals surface area contributed by atoms with Crippen LogP contribution in [0.15, 0.2) is 48.5 Å². The quantitative estimate of drug-likeness (QED) is 0.416. The molecule has 0 aliphatic carbocycles. The van der Waals surface area contributed by atoms with Crippen molar-refractivity contribution in [3.63, 3.8) is 0 Å². The number of benzene rings is 2. The average Bonchev–Trinajstić information content (AvgIpc) is 2.70. The van der Waals surface area contributed by atoms with Crippen molar-refractivity contribution < 1.29 is 9.16 Å². The lowest BCUT2D eigenvalue weighted by Gasteiger charge is -2.41. The first-order valence-electron chi connectivity index (χ1n) is 10.7. The minimum Gasteiger partial charge on any atom is -0.530 e. The Balaban J connectivity index is 1.77. The molecule has 0 N–H and O–H groups in total. The summed E-state index contributed by atoms with van der Waals surface area (Å²) >= 11 is 0. The van der Waals surface area contributed by atoms with Crippen LogP contribution in [0.4, 0.5) is 0 Å². The van der Waals surface area contributed by atoms with Gasteiger partial charge in [-0.1, -0.05) is 65.8 Å². The Bertz CT molecular complexity index is 1020. The van der Waals surface area contributed by atoms with E-state index in [1.54, 1.807) is 0 Å². The third kappa shape index (κ3) is 3.23. The maximum Gasteiger partial charge on any atom is 0.260 e. The predicted molar refractivity (Wildman–Crippen MR) is 123 cm³/mol. The molecular weight excluding hydrogens is 374 g/mol. The van der Waals surface area contributed by atoms with E-state index in [2.05, 4.69) is 77.9 Å². The molecule has 4 heteroatoms. The van der Waals surface area contributed by atoms with Gasteiger partial charge in [-0.05, 0) is 46.5 Å². The number of pyridine rings is 1. The van der Waals surface area contributed by atoms with E-state index in [0.29, 0.717) is 23.2 Å². The minimum atomic E-state index is -2.02. The van der Waals surface area contributed by atoms with E-state index in [4.69, 9.17) is 14.1 Å². The second-order valence-corrected chi connectivity index (χ2v) is 14.4. The SMILES string of the molecule is CC(C)[Si](Oc1ccc2c3c(ccc2n1)-c1ccccc1OC3)(C(C)C)C(C)C. The van der Waals surface area contributed by atoms with Gasteiger partial charge in [-0.25, -0.2) is 4.98 Å². The summed E-state index contributed by atoms with van der Waals surface area (Å²) in [5.74, 6) is 1.71. The smallest absolute Gasteiger partial charge is 0.260 e. The molecule has 0 saturated carbocycles. The van der Waals surface area contributed by atoms with Crippen molar-refractivity contribution >= 4 is 19.2 Å². The lowest BCUT2D eigenvalue weighted by atomic mass is 9.94. The molecule has 0 unspecified atom stereocenters. The number of fused-ring (bicyclic) bond motifs is 5. The van der Waals surface area contributed by atoms with Gasteiger partial charge in [-0.2, -0.15) is 0 Å². The number of hydrogen-bond donors (Lipinski definition) is 0. The van der Waals surface area contributed by atoms with Crippen molar-refractivity contribution in [2.75, 3.05) is 0 Å². The third-order valence-electron chi connectivity index (χ3n) is 6.49. The Labute approximate surface area is 175 Å². The Morgan fingerprint density at radius 3 is 2.21 bits per heavy atom. The standard InChI is InChI=1S/C25H31NO2Si/c1-16(2)29(17(3)4,18(5)6)28-25-14-12-20-22-15-27-24-10-8-7-9-21(24)19(22)11-13-23(20)26-25/h7-14,16-18H,15H2,1-6H3. The van der Waals surface area contributed by atoms with E-state index in [1.165, 1.54) is 11.1 Å². The number of aromatic nitrogens is 1. The summed E-state index contributed by atoms with van der Waals surface area (Å²) in [6.07, 6.45) is 0. The minimum absolute atomic E-state index is 0.522. The normalized spacial score (nSPS) is 13.6. The molecule has 0 bridgehead atoms. The highest BCUT2D eigenvalue weighted by Gasteiger charge is 2.47. The van der Waals surface area contributed by atoms with Crippen LogP contribution in [0.5, 0.6) is 11.6 Å². The Morgan fingerprint density at radius 1 is 0.828 bits per heavy atom. The van der Waals surface area contributed by atoms with Crippen LogP contribution in [0.3, 0.4) is 0 Å². The molecule has 2 heterocycles. The third-order valence-corrected chi connectivity index (χ3v) is 12.5. The van der Waals surface area contributed by atoms with Gasteiger partial charge in [0.2, 0.25) is 0 Å². The maximum absolute atomic E-state index is 6.79. The van der Waals surface area contributed by atoms with Gasteiger partial charge in [0.05, 0.1) is 5.52 Å². The average molecular weight is 406 g/mol. The van der Waals surface area contributed by atoms with Crippen LogP contribution in [0.25, 0.3) is 22.0 Å². The predicted octanol–water partition coefficient (Wildman–Crippen LogP) is 7.35. The van der Waals surface area contributed by atoms with Crippen LogP contribution in [-0.4, -0.2) is 13.3 Å². The highest BCUT2D eigenvalue weighted by molar-refractivity contribution is 6.78. The fourth-order valence-corrected chi connectivity index (χ4v) is 10.4. The number of ether oxygens (including phenoxy) is 1. The van der Waals surface area contributed by atoms with Gasteiger partial charge in [-0.15, -0.1) is 0 Å². The molecule has 1 aliphatic heterocycles. The van der Waals surface area contributed by atoms with Gasteiger partial charge < -0.3 is 9.16 Å². The number of hydrogen-bond acceptors (Lipinski definition) is 3. The van der Waals surface area contributed by atoms with Gasteiger partial charge in [0.25, 0.3) is 8.32 Å². The van der Waals surface area contributed by atoms with Crippen molar-refractivity contribution in [3.05, 3.63) is 54.1 Å². The van der Waals surface area contributed by atoms with Crippen molar-refractivity contribution in [3.8, 4) is 22.8 Å². The molecule has 1 aromatic heterocycles. The highest BCUT2D eigenvalue weighted by Crippen LogP contribution is 2.43. The molecule has 3 aromatic rings. The molecule has 29 heavy (non-hydrogen) atoms. The number of para-hydroxylation sites is 1. The van der Waals surface area contributed by atoms with Crippen molar-refractivity contribution in [2.45, 2.75) is 64.8 Å². The fraction of sp³-hybridized carbons (Fsp3) is 0.400. The Hall–Kier alpha value is -2.33. The summed E-state index contributed by atoms with van der Waals surface area (Å²) in [6, 6.07) is 16.7. The second-order valence-electron chi connectivity index (χ2n) is 9.01. The van der Waals surface area contributed by atoms with Crippen LogP contribution in [-0.2, 0) is 6.61 Å². The lowest BCUT2D eigenvalue weighted by Crippen LogP contribution is -2.50. The zero-order chi connectivity index (χ0) is 20.8. The van der Waals surface area contributed by atoms with Crippen LogP contribution >= 0.6 is 0 Å². The summed E-state index contributed by atoms with van der Waals surface area (Å²) in [4.78, 5) is 4.93. The Morgan fingerprint density at radius 2 is 1.52 bits per heavy atom. The van der Waals surface area contributed by atoms with Crippen LogP contribution in [0.2, 0.25) is 16.6 Å². The summed E-state index contributed by atoms with van der Waals surface area (Å²) < 4.78 is 12.8. The number of rotatable bonds is 5. The fourth-order valence-electron chi connectivity index (χ4n) is 5.21. The molecular formula is C25H31NO2Si. The van der Waals surface area contributed by atoms with Crippen molar-refractivity contribution in [1.29, 1.82) is 0 Å². The highest BCUT2D eigenvalue weighted by atomic mass is 28.4. The van der Waals surface area contributed by atoms with Crippen LogP contribution in [0.1, 0.15) is 47.1 Å². The summed E-state index contributed by atoms with van der Waals surface area (Å²) in [5, 5.41) is 1.15. The molecule has 2 aromatic carbocycles. The maximum atomic E-state index is 6.79. The first-order chi connectivity index (χ1) is 13.8. The summed E-state index contributed by atoms with van der Waals surface area (Å²) in [5.41, 5.74) is 6.14. The topological polar surface area (TPSA) is 31.4 Å². The zero-order valence-corrected chi connectivity index (χ0v) is 19.3. The largest absolute Gasteiger partial charge is 0.530 e. The van der Waals surface area contributed by atoms with E-state index in [9.17, 15) is 0 Å². The molecule has 1 aliphatic rings. The summed E-state index contributed by atoms with van der Waals surface area (Å²) in [6.45, 7) is 14.4. The van der Waals surface area contributed by atoms with Gasteiger partial charge in [0, 0.05) is 16.5 Å². The summed E-state index contributed by atoms with van der Waals surface area (Å²) in [7, 11) is -2.02. The molecule has 0 amide bonds.